The molecule has 0 spiro atoms. The fourth-order valence-electron chi connectivity index (χ4n) is 2.64. The van der Waals surface area contributed by atoms with Crippen molar-refractivity contribution in [3.05, 3.63) is 28.2 Å². The average molecular weight is 343 g/mol. The highest BCUT2D eigenvalue weighted by Crippen LogP contribution is 2.29. The molecule has 1 aliphatic carbocycles. The van der Waals surface area contributed by atoms with Gasteiger partial charge in [-0.15, -0.1) is 0 Å². The van der Waals surface area contributed by atoms with Gasteiger partial charge in [0, 0.05) is 6.04 Å². The smallest absolute Gasteiger partial charge is 0.233 e. The van der Waals surface area contributed by atoms with Gasteiger partial charge in [0.15, 0.2) is 0 Å². The molecule has 0 saturated heterocycles. The van der Waals surface area contributed by atoms with Gasteiger partial charge in [-0.2, -0.15) is 0 Å². The van der Waals surface area contributed by atoms with Gasteiger partial charge in [-0.3, -0.25) is 9.59 Å². The lowest BCUT2D eigenvalue weighted by molar-refractivity contribution is -0.127. The molecule has 0 unspecified atom stereocenters. The molecule has 1 aromatic rings. The molecule has 2 N–H and O–H groups in total. The molecule has 2 amide bonds. The molecule has 1 fully saturated rings. The average Bonchev–Trinajstić information content (AvgIpc) is 2.72. The van der Waals surface area contributed by atoms with E-state index in [-0.39, 0.29) is 23.4 Å². The molecule has 120 valence electrons. The van der Waals surface area contributed by atoms with Gasteiger partial charge in [0.1, 0.15) is 6.42 Å². The maximum atomic E-state index is 11.9. The first-order valence-corrected chi connectivity index (χ1v) is 8.35. The highest BCUT2D eigenvalue weighted by Gasteiger charge is 2.17. The first kappa shape index (κ1) is 17.1. The summed E-state index contributed by atoms with van der Waals surface area (Å²) in [5, 5.41) is 6.20. The van der Waals surface area contributed by atoms with E-state index >= 15 is 0 Å². The van der Waals surface area contributed by atoms with Gasteiger partial charge in [0.05, 0.1) is 15.7 Å². The first-order chi connectivity index (χ1) is 10.6. The second-order valence-corrected chi connectivity index (χ2v) is 6.37. The highest BCUT2D eigenvalue weighted by molar-refractivity contribution is 6.44. The predicted molar refractivity (Wildman–Crippen MR) is 89.3 cm³/mol. The van der Waals surface area contributed by atoms with Crippen molar-refractivity contribution in [2.75, 3.05) is 5.32 Å². The minimum absolute atomic E-state index is 0.192. The largest absolute Gasteiger partial charge is 0.353 e. The predicted octanol–water partition coefficient (Wildman–Crippen LogP) is 4.16. The van der Waals surface area contributed by atoms with Crippen LogP contribution in [0.5, 0.6) is 0 Å². The van der Waals surface area contributed by atoms with Gasteiger partial charge in [0.25, 0.3) is 0 Å². The monoisotopic (exact) mass is 342 g/mol. The third kappa shape index (κ3) is 5.18. The van der Waals surface area contributed by atoms with Gasteiger partial charge in [-0.25, -0.2) is 0 Å². The van der Waals surface area contributed by atoms with Crippen molar-refractivity contribution >= 4 is 40.7 Å². The number of carbonyl (C=O) groups excluding carboxylic acids is 2. The summed E-state index contributed by atoms with van der Waals surface area (Å²) in [5.74, 6) is -0.641. The van der Waals surface area contributed by atoms with E-state index in [4.69, 9.17) is 23.2 Å². The number of carbonyl (C=O) groups is 2. The Morgan fingerprint density at radius 1 is 1.05 bits per heavy atom. The molecule has 0 bridgehead atoms. The third-order valence-electron chi connectivity index (χ3n) is 3.77. The van der Waals surface area contributed by atoms with Crippen molar-refractivity contribution in [2.45, 2.75) is 51.0 Å². The van der Waals surface area contributed by atoms with E-state index < -0.39 is 5.91 Å². The topological polar surface area (TPSA) is 58.2 Å². The number of amides is 2. The van der Waals surface area contributed by atoms with Crippen LogP contribution in [0.15, 0.2) is 18.2 Å². The van der Waals surface area contributed by atoms with Crippen LogP contribution in [-0.2, 0) is 9.59 Å². The van der Waals surface area contributed by atoms with Crippen molar-refractivity contribution < 1.29 is 9.59 Å². The molecule has 6 heteroatoms. The van der Waals surface area contributed by atoms with E-state index in [9.17, 15) is 9.59 Å². The SMILES string of the molecule is O=C(CC(=O)NC1CCCCCC1)Nc1cccc(Cl)c1Cl. The summed E-state index contributed by atoms with van der Waals surface area (Å²) in [4.78, 5) is 23.9. The van der Waals surface area contributed by atoms with Gasteiger partial charge in [0.2, 0.25) is 11.8 Å². The number of hydrogen-bond donors (Lipinski definition) is 2. The standard InChI is InChI=1S/C16H20Cl2N2O2/c17-12-8-5-9-13(16(12)18)20-15(22)10-14(21)19-11-6-3-1-2-4-7-11/h5,8-9,11H,1-4,6-7,10H2,(H,19,21)(H,20,22). The molecule has 0 radical (unpaired) electrons. The Labute approximate surface area is 140 Å². The van der Waals surface area contributed by atoms with E-state index in [1.54, 1.807) is 18.2 Å². The molecular weight excluding hydrogens is 323 g/mol. The Morgan fingerprint density at radius 3 is 2.41 bits per heavy atom. The Kier molecular flexibility index (Phi) is 6.52. The van der Waals surface area contributed by atoms with Crippen LogP contribution in [0.4, 0.5) is 5.69 Å². The molecule has 0 atom stereocenters. The first-order valence-electron chi connectivity index (χ1n) is 7.59. The number of halogens is 2. The molecule has 1 saturated carbocycles. The summed E-state index contributed by atoms with van der Waals surface area (Å²) < 4.78 is 0. The van der Waals surface area contributed by atoms with E-state index in [0.717, 1.165) is 25.7 Å². The lowest BCUT2D eigenvalue weighted by Gasteiger charge is -2.16. The molecule has 2 rings (SSSR count). The number of nitrogens with one attached hydrogen (secondary N) is 2. The minimum Gasteiger partial charge on any atom is -0.353 e. The Balaban J connectivity index is 1.83. The summed E-state index contributed by atoms with van der Waals surface area (Å²) in [5.41, 5.74) is 0.418. The molecule has 4 nitrogen and oxygen atoms in total. The summed E-state index contributed by atoms with van der Waals surface area (Å²) in [6.45, 7) is 0. The van der Waals surface area contributed by atoms with E-state index in [0.29, 0.717) is 10.7 Å². The van der Waals surface area contributed by atoms with E-state index in [1.807, 2.05) is 0 Å². The van der Waals surface area contributed by atoms with Crippen LogP contribution >= 0.6 is 23.2 Å². The van der Waals surface area contributed by atoms with Crippen molar-refractivity contribution in [3.8, 4) is 0 Å². The fraction of sp³-hybridized carbons (Fsp3) is 0.500. The molecule has 22 heavy (non-hydrogen) atoms. The second-order valence-electron chi connectivity index (χ2n) is 5.58. The zero-order valence-electron chi connectivity index (χ0n) is 12.3. The molecule has 0 aliphatic heterocycles. The minimum atomic E-state index is -0.393. The number of benzene rings is 1. The lowest BCUT2D eigenvalue weighted by atomic mass is 10.1. The summed E-state index contributed by atoms with van der Waals surface area (Å²) in [6, 6.07) is 5.17. The highest BCUT2D eigenvalue weighted by atomic mass is 35.5. The number of hydrogen-bond acceptors (Lipinski definition) is 2. The molecule has 1 aliphatic rings. The zero-order valence-corrected chi connectivity index (χ0v) is 13.8. The van der Waals surface area contributed by atoms with Crippen LogP contribution in [0.3, 0.4) is 0 Å². The van der Waals surface area contributed by atoms with Gasteiger partial charge >= 0.3 is 0 Å². The Hall–Kier alpha value is -1.26. The normalized spacial score (nSPS) is 15.9. The van der Waals surface area contributed by atoms with Gasteiger partial charge < -0.3 is 10.6 Å². The van der Waals surface area contributed by atoms with E-state index in [2.05, 4.69) is 10.6 Å². The Bertz CT molecular complexity index is 541. The molecule has 0 aromatic heterocycles. The third-order valence-corrected chi connectivity index (χ3v) is 4.59. The van der Waals surface area contributed by atoms with Crippen molar-refractivity contribution in [1.82, 2.24) is 5.32 Å². The van der Waals surface area contributed by atoms with Gasteiger partial charge in [-0.05, 0) is 25.0 Å². The maximum absolute atomic E-state index is 11.9. The Morgan fingerprint density at radius 2 is 1.73 bits per heavy atom. The summed E-state index contributed by atoms with van der Waals surface area (Å²) in [6.07, 6.45) is 6.49. The lowest BCUT2D eigenvalue weighted by Crippen LogP contribution is -2.36. The quantitative estimate of drug-likeness (QED) is 0.637. The molecular formula is C16H20Cl2N2O2. The van der Waals surface area contributed by atoms with Gasteiger partial charge in [-0.1, -0.05) is 55.0 Å². The van der Waals surface area contributed by atoms with Crippen LogP contribution in [0.25, 0.3) is 0 Å². The maximum Gasteiger partial charge on any atom is 0.233 e. The van der Waals surface area contributed by atoms with Crippen molar-refractivity contribution in [1.29, 1.82) is 0 Å². The number of rotatable bonds is 4. The van der Waals surface area contributed by atoms with Crippen molar-refractivity contribution in [3.63, 3.8) is 0 Å². The zero-order chi connectivity index (χ0) is 15.9. The summed E-state index contributed by atoms with van der Waals surface area (Å²) >= 11 is 11.9. The van der Waals surface area contributed by atoms with E-state index in [1.165, 1.54) is 12.8 Å². The van der Waals surface area contributed by atoms with Crippen LogP contribution in [0.2, 0.25) is 10.0 Å². The molecule has 0 heterocycles. The van der Waals surface area contributed by atoms with Crippen LogP contribution < -0.4 is 10.6 Å². The van der Waals surface area contributed by atoms with Crippen LogP contribution in [-0.4, -0.2) is 17.9 Å². The fourth-order valence-corrected chi connectivity index (χ4v) is 2.99. The number of anilines is 1. The molecule has 1 aromatic carbocycles. The van der Waals surface area contributed by atoms with Crippen LogP contribution in [0.1, 0.15) is 44.9 Å². The van der Waals surface area contributed by atoms with Crippen LogP contribution in [0, 0.1) is 0 Å². The second kappa shape index (κ2) is 8.39. The summed E-state index contributed by atoms with van der Waals surface area (Å²) in [7, 11) is 0. The van der Waals surface area contributed by atoms with Crippen molar-refractivity contribution in [2.24, 2.45) is 0 Å².